The second-order valence-electron chi connectivity index (χ2n) is 6.60. The van der Waals surface area contributed by atoms with Gasteiger partial charge in [0.25, 0.3) is 0 Å². The summed E-state index contributed by atoms with van der Waals surface area (Å²) < 4.78 is 1.18. The van der Waals surface area contributed by atoms with Crippen LogP contribution in [0.5, 0.6) is 0 Å². The molecular weight excluding hydrogens is 461 g/mol. The van der Waals surface area contributed by atoms with E-state index < -0.39 is 0 Å². The van der Waals surface area contributed by atoms with Crippen LogP contribution in [0.4, 0.5) is 28.4 Å². The van der Waals surface area contributed by atoms with Crippen LogP contribution in [0, 0.1) is 3.57 Å². The molecule has 0 spiro atoms. The summed E-state index contributed by atoms with van der Waals surface area (Å²) in [5, 5.41) is 17.1. The highest BCUT2D eigenvalue weighted by molar-refractivity contribution is 14.1. The Kier molecular flexibility index (Phi) is 6.06. The topological polar surface area (TPSA) is 52.7 Å². The number of hydrogen-bond donors (Lipinski definition) is 0. The fraction of sp³-hybridized carbons (Fsp3) is 0.182. The second kappa shape index (κ2) is 9.05. The first-order valence-electron chi connectivity index (χ1n) is 9.30. The highest BCUT2D eigenvalue weighted by atomic mass is 127. The zero-order chi connectivity index (χ0) is 19.2. The lowest BCUT2D eigenvalue weighted by Crippen LogP contribution is -2.17. The molecule has 0 aromatic heterocycles. The average molecular weight is 481 g/mol. The summed E-state index contributed by atoms with van der Waals surface area (Å²) in [4.78, 5) is 2.41. The minimum Gasteiger partial charge on any atom is -0.372 e. The van der Waals surface area contributed by atoms with E-state index in [2.05, 4.69) is 60.1 Å². The zero-order valence-corrected chi connectivity index (χ0v) is 17.5. The lowest BCUT2D eigenvalue weighted by atomic mass is 10.2. The number of azo groups is 2. The van der Waals surface area contributed by atoms with Gasteiger partial charge in [-0.05, 0) is 108 Å². The van der Waals surface area contributed by atoms with E-state index in [1.165, 1.54) is 22.1 Å². The molecule has 0 amide bonds. The van der Waals surface area contributed by atoms with Gasteiger partial charge in [0.2, 0.25) is 0 Å². The molecule has 4 rings (SSSR count). The molecule has 3 aromatic rings. The Morgan fingerprint density at radius 3 is 1.32 bits per heavy atom. The van der Waals surface area contributed by atoms with Gasteiger partial charge >= 0.3 is 0 Å². The summed E-state index contributed by atoms with van der Waals surface area (Å²) in [7, 11) is 0. The standard InChI is InChI=1S/C22H20IN5/c23-17-3-5-18(6-4-17)24-25-19-7-9-20(10-8-19)26-27-21-11-13-22(14-12-21)28-15-1-2-16-28/h3-14H,1-2,15-16H2. The molecule has 1 fully saturated rings. The molecule has 0 N–H and O–H groups in total. The molecule has 28 heavy (non-hydrogen) atoms. The predicted molar refractivity (Wildman–Crippen MR) is 122 cm³/mol. The average Bonchev–Trinajstić information content (AvgIpc) is 3.28. The molecule has 140 valence electrons. The summed E-state index contributed by atoms with van der Waals surface area (Å²) in [6.45, 7) is 2.29. The molecule has 1 heterocycles. The van der Waals surface area contributed by atoms with Gasteiger partial charge in [-0.25, -0.2) is 0 Å². The summed E-state index contributed by atoms with van der Waals surface area (Å²) in [5.41, 5.74) is 4.52. The maximum absolute atomic E-state index is 4.33. The molecule has 1 aliphatic heterocycles. The summed E-state index contributed by atoms with van der Waals surface area (Å²) in [6.07, 6.45) is 2.56. The highest BCUT2D eigenvalue weighted by Crippen LogP contribution is 2.26. The molecular formula is C22H20IN5. The van der Waals surface area contributed by atoms with Crippen molar-refractivity contribution in [2.75, 3.05) is 18.0 Å². The first kappa shape index (κ1) is 18.7. The van der Waals surface area contributed by atoms with Crippen LogP contribution >= 0.6 is 22.6 Å². The van der Waals surface area contributed by atoms with Crippen molar-refractivity contribution in [1.29, 1.82) is 0 Å². The van der Waals surface area contributed by atoms with Crippen molar-refractivity contribution in [3.05, 3.63) is 76.4 Å². The van der Waals surface area contributed by atoms with E-state index in [9.17, 15) is 0 Å². The van der Waals surface area contributed by atoms with Gasteiger partial charge in [-0.3, -0.25) is 0 Å². The smallest absolute Gasteiger partial charge is 0.0858 e. The third kappa shape index (κ3) is 5.01. The minimum absolute atomic E-state index is 0.785. The monoisotopic (exact) mass is 481 g/mol. The van der Waals surface area contributed by atoms with Crippen molar-refractivity contribution in [3.63, 3.8) is 0 Å². The summed E-state index contributed by atoms with van der Waals surface area (Å²) in [5.74, 6) is 0. The van der Waals surface area contributed by atoms with Crippen LogP contribution in [0.2, 0.25) is 0 Å². The number of halogens is 1. The van der Waals surface area contributed by atoms with E-state index in [4.69, 9.17) is 0 Å². The van der Waals surface area contributed by atoms with Gasteiger partial charge in [-0.1, -0.05) is 0 Å². The number of benzene rings is 3. The van der Waals surface area contributed by atoms with Crippen molar-refractivity contribution >= 4 is 51.0 Å². The van der Waals surface area contributed by atoms with E-state index in [1.54, 1.807) is 0 Å². The molecule has 0 radical (unpaired) electrons. The Labute approximate surface area is 178 Å². The fourth-order valence-electron chi connectivity index (χ4n) is 3.03. The number of nitrogens with zero attached hydrogens (tertiary/aromatic N) is 5. The number of rotatable bonds is 5. The van der Waals surface area contributed by atoms with Crippen LogP contribution in [0.1, 0.15) is 12.8 Å². The second-order valence-corrected chi connectivity index (χ2v) is 7.85. The van der Waals surface area contributed by atoms with Crippen molar-refractivity contribution in [2.24, 2.45) is 20.5 Å². The van der Waals surface area contributed by atoms with Gasteiger partial charge in [0, 0.05) is 22.3 Å². The number of hydrogen-bond acceptors (Lipinski definition) is 5. The molecule has 0 atom stereocenters. The SMILES string of the molecule is Ic1ccc(N=Nc2ccc(N=Nc3ccc(N4CCCC4)cc3)cc2)cc1. The van der Waals surface area contributed by atoms with Gasteiger partial charge < -0.3 is 4.90 Å². The zero-order valence-electron chi connectivity index (χ0n) is 15.4. The summed E-state index contributed by atoms with van der Waals surface area (Å²) in [6, 6.07) is 23.7. The Bertz CT molecular complexity index is 957. The first-order valence-corrected chi connectivity index (χ1v) is 10.4. The van der Waals surface area contributed by atoms with E-state index in [0.717, 1.165) is 35.8 Å². The van der Waals surface area contributed by atoms with Gasteiger partial charge in [0.15, 0.2) is 0 Å². The number of anilines is 1. The Hall–Kier alpha value is -2.61. The van der Waals surface area contributed by atoms with Crippen molar-refractivity contribution in [2.45, 2.75) is 12.8 Å². The van der Waals surface area contributed by atoms with Crippen LogP contribution in [0.3, 0.4) is 0 Å². The lowest BCUT2D eigenvalue weighted by Gasteiger charge is -2.17. The highest BCUT2D eigenvalue weighted by Gasteiger charge is 2.11. The predicted octanol–water partition coefficient (Wildman–Crippen LogP) is 7.72. The quantitative estimate of drug-likeness (QED) is 0.272. The lowest BCUT2D eigenvalue weighted by molar-refractivity contribution is 0.949. The molecule has 3 aromatic carbocycles. The Balaban J connectivity index is 1.37. The first-order chi connectivity index (χ1) is 13.8. The maximum atomic E-state index is 4.33. The molecule has 0 saturated carbocycles. The van der Waals surface area contributed by atoms with E-state index in [1.807, 2.05) is 60.7 Å². The Morgan fingerprint density at radius 1 is 0.536 bits per heavy atom. The van der Waals surface area contributed by atoms with E-state index in [-0.39, 0.29) is 0 Å². The van der Waals surface area contributed by atoms with Crippen LogP contribution in [0.25, 0.3) is 0 Å². The van der Waals surface area contributed by atoms with Gasteiger partial charge in [-0.15, -0.1) is 0 Å². The van der Waals surface area contributed by atoms with Gasteiger partial charge in [-0.2, -0.15) is 20.5 Å². The molecule has 6 heteroatoms. The minimum atomic E-state index is 0.785. The third-order valence-corrected chi connectivity index (χ3v) is 5.28. The molecule has 5 nitrogen and oxygen atoms in total. The van der Waals surface area contributed by atoms with Crippen molar-refractivity contribution in [3.8, 4) is 0 Å². The molecule has 1 aliphatic rings. The largest absolute Gasteiger partial charge is 0.372 e. The van der Waals surface area contributed by atoms with Crippen molar-refractivity contribution < 1.29 is 0 Å². The normalized spacial score (nSPS) is 14.4. The third-order valence-electron chi connectivity index (χ3n) is 4.56. The van der Waals surface area contributed by atoms with E-state index in [0.29, 0.717) is 0 Å². The van der Waals surface area contributed by atoms with Crippen LogP contribution < -0.4 is 4.90 Å². The van der Waals surface area contributed by atoms with Crippen LogP contribution in [-0.2, 0) is 0 Å². The maximum Gasteiger partial charge on any atom is 0.0858 e. The van der Waals surface area contributed by atoms with Gasteiger partial charge in [0.05, 0.1) is 22.7 Å². The van der Waals surface area contributed by atoms with E-state index >= 15 is 0 Å². The molecule has 0 aliphatic carbocycles. The fourth-order valence-corrected chi connectivity index (χ4v) is 3.39. The van der Waals surface area contributed by atoms with Crippen LogP contribution in [0.15, 0.2) is 93.3 Å². The van der Waals surface area contributed by atoms with Gasteiger partial charge in [0.1, 0.15) is 0 Å². The Morgan fingerprint density at radius 2 is 0.893 bits per heavy atom. The molecule has 0 bridgehead atoms. The summed E-state index contributed by atoms with van der Waals surface area (Å²) >= 11 is 2.27. The molecule has 0 unspecified atom stereocenters. The van der Waals surface area contributed by atoms with Crippen LogP contribution in [-0.4, -0.2) is 13.1 Å². The van der Waals surface area contributed by atoms with Crippen molar-refractivity contribution in [1.82, 2.24) is 0 Å². The molecule has 1 saturated heterocycles.